The molecule has 0 aromatic rings. The molecule has 0 heteroatoms. The van der Waals surface area contributed by atoms with Crippen LogP contribution in [0.15, 0.2) is 12.2 Å². The van der Waals surface area contributed by atoms with E-state index in [-0.39, 0.29) is 0 Å². The van der Waals surface area contributed by atoms with Gasteiger partial charge in [-0.05, 0) is 31.6 Å². The smallest absolute Gasteiger partial charge is 0.0351 e. The summed E-state index contributed by atoms with van der Waals surface area (Å²) in [5, 5.41) is 0. The van der Waals surface area contributed by atoms with Gasteiger partial charge in [0.1, 0.15) is 0 Å². The fraction of sp³-hybridized carbons (Fsp3) is 0.867. The van der Waals surface area contributed by atoms with Crippen LogP contribution in [0.2, 0.25) is 0 Å². The van der Waals surface area contributed by atoms with Crippen LogP contribution in [0.1, 0.15) is 161 Å². The summed E-state index contributed by atoms with van der Waals surface area (Å²) in [4.78, 5) is 0. The average molecular weight is 419 g/mol. The van der Waals surface area contributed by atoms with E-state index < -0.39 is 0 Å². The van der Waals surface area contributed by atoms with Crippen molar-refractivity contribution in [3.8, 4) is 0 Å². The maximum Gasteiger partial charge on any atom is -0.0351 e. The number of hydrogen-bond donors (Lipinski definition) is 0. The van der Waals surface area contributed by atoms with Gasteiger partial charge in [0.05, 0.1) is 0 Å². The second-order valence-electron chi connectivity index (χ2n) is 9.62. The number of unbranched alkanes of at least 4 members (excludes halogenated alkanes) is 18. The Bertz CT molecular complexity index is 316. The molecule has 178 valence electrons. The molecule has 0 aliphatic rings. The normalized spacial score (nSPS) is 12.8. The third-order valence-corrected chi connectivity index (χ3v) is 6.71. The molecule has 0 heterocycles. The highest BCUT2D eigenvalue weighted by molar-refractivity contribution is 4.81. The van der Waals surface area contributed by atoms with Gasteiger partial charge < -0.3 is 0 Å². The maximum atomic E-state index is 3.95. The molecule has 30 heavy (non-hydrogen) atoms. The highest BCUT2D eigenvalue weighted by atomic mass is 14.1. The highest BCUT2D eigenvalue weighted by Crippen LogP contribution is 2.21. The predicted molar refractivity (Wildman–Crippen MR) is 140 cm³/mol. The summed E-state index contributed by atoms with van der Waals surface area (Å²) in [7, 11) is 0. The standard InChI is InChI=1S/C30H58/c1-4-7-9-11-12-13-14-15-16-17-18-19-20-21-22-23-24-25-27-29-30(6-3)28-26-10-8-5-2/h20-21,30H,1-2,4-19,22-29H2,3H3/b21-20+. The van der Waals surface area contributed by atoms with Crippen molar-refractivity contribution in [2.45, 2.75) is 161 Å². The van der Waals surface area contributed by atoms with Gasteiger partial charge in [0.15, 0.2) is 0 Å². The minimum Gasteiger partial charge on any atom is -0.0885 e. The molecule has 0 aliphatic heterocycles. The van der Waals surface area contributed by atoms with E-state index in [1.165, 1.54) is 141 Å². The van der Waals surface area contributed by atoms with Crippen molar-refractivity contribution < 1.29 is 0 Å². The van der Waals surface area contributed by atoms with Gasteiger partial charge in [-0.3, -0.25) is 0 Å². The van der Waals surface area contributed by atoms with Crippen molar-refractivity contribution in [2.24, 2.45) is 5.92 Å². The van der Waals surface area contributed by atoms with E-state index in [4.69, 9.17) is 0 Å². The van der Waals surface area contributed by atoms with E-state index in [2.05, 4.69) is 32.9 Å². The summed E-state index contributed by atoms with van der Waals surface area (Å²) in [6, 6.07) is 0. The third-order valence-electron chi connectivity index (χ3n) is 6.71. The van der Waals surface area contributed by atoms with E-state index in [0.29, 0.717) is 0 Å². The minimum atomic E-state index is 0.985. The summed E-state index contributed by atoms with van der Waals surface area (Å²) in [5.74, 6) is 0.985. The molecule has 0 bridgehead atoms. The van der Waals surface area contributed by atoms with Gasteiger partial charge in [-0.1, -0.05) is 161 Å². The van der Waals surface area contributed by atoms with E-state index in [1.54, 1.807) is 0 Å². The van der Waals surface area contributed by atoms with Crippen molar-refractivity contribution in [1.29, 1.82) is 0 Å². The molecule has 0 aromatic carbocycles. The fourth-order valence-corrected chi connectivity index (χ4v) is 4.48. The third kappa shape index (κ3) is 24.0. The lowest BCUT2D eigenvalue weighted by atomic mass is 9.92. The van der Waals surface area contributed by atoms with Crippen LogP contribution in [0.5, 0.6) is 0 Å². The first kappa shape index (κ1) is 29.7. The first-order valence-electron chi connectivity index (χ1n) is 14.1. The van der Waals surface area contributed by atoms with Crippen LogP contribution < -0.4 is 0 Å². The lowest BCUT2D eigenvalue weighted by Gasteiger charge is -2.14. The zero-order chi connectivity index (χ0) is 22.0. The molecule has 1 atom stereocenters. The molecule has 2 radical (unpaired) electrons. The molecule has 0 rings (SSSR count). The van der Waals surface area contributed by atoms with Crippen LogP contribution in [0.25, 0.3) is 0 Å². The van der Waals surface area contributed by atoms with Gasteiger partial charge in [-0.15, -0.1) is 0 Å². The van der Waals surface area contributed by atoms with E-state index in [9.17, 15) is 0 Å². The topological polar surface area (TPSA) is 0 Å². The Labute approximate surface area is 193 Å². The fourth-order valence-electron chi connectivity index (χ4n) is 4.48. The maximum absolute atomic E-state index is 3.95. The summed E-state index contributed by atoms with van der Waals surface area (Å²) in [6.07, 6.45) is 38.1. The predicted octanol–water partition coefficient (Wildman–Crippen LogP) is 11.2. The zero-order valence-electron chi connectivity index (χ0n) is 21.1. The first-order valence-corrected chi connectivity index (χ1v) is 14.1. The Morgan fingerprint density at radius 2 is 0.800 bits per heavy atom. The molecule has 0 nitrogen and oxygen atoms in total. The Balaban J connectivity index is 3.24. The molecule has 0 aromatic heterocycles. The number of hydrogen-bond acceptors (Lipinski definition) is 0. The molecule has 0 amide bonds. The monoisotopic (exact) mass is 418 g/mol. The SMILES string of the molecule is [CH2]CCCCCCCCCCCC/C=C/CCCCCCC(CC)CCCCC[CH2]. The summed E-state index contributed by atoms with van der Waals surface area (Å²) in [6.45, 7) is 10.2. The summed E-state index contributed by atoms with van der Waals surface area (Å²) >= 11 is 0. The summed E-state index contributed by atoms with van der Waals surface area (Å²) in [5.41, 5.74) is 0. The average Bonchev–Trinajstić information content (AvgIpc) is 2.76. The highest BCUT2D eigenvalue weighted by Gasteiger charge is 2.05. The van der Waals surface area contributed by atoms with E-state index >= 15 is 0 Å². The van der Waals surface area contributed by atoms with E-state index in [1.807, 2.05) is 0 Å². The minimum absolute atomic E-state index is 0.985. The van der Waals surface area contributed by atoms with Crippen LogP contribution in [0.4, 0.5) is 0 Å². The number of rotatable bonds is 25. The molecule has 0 aliphatic carbocycles. The van der Waals surface area contributed by atoms with Gasteiger partial charge in [0, 0.05) is 0 Å². The van der Waals surface area contributed by atoms with Crippen LogP contribution in [-0.2, 0) is 0 Å². The van der Waals surface area contributed by atoms with Gasteiger partial charge in [0.2, 0.25) is 0 Å². The van der Waals surface area contributed by atoms with Gasteiger partial charge in [0.25, 0.3) is 0 Å². The van der Waals surface area contributed by atoms with Crippen molar-refractivity contribution in [3.63, 3.8) is 0 Å². The van der Waals surface area contributed by atoms with Crippen molar-refractivity contribution in [3.05, 3.63) is 26.0 Å². The van der Waals surface area contributed by atoms with Crippen LogP contribution >= 0.6 is 0 Å². The molecular formula is C30H58. The quantitative estimate of drug-likeness (QED) is 0.102. The molecule has 0 saturated heterocycles. The Morgan fingerprint density at radius 3 is 1.20 bits per heavy atom. The Kier molecular flexibility index (Phi) is 26.5. The summed E-state index contributed by atoms with van der Waals surface area (Å²) < 4.78 is 0. The second kappa shape index (κ2) is 26.8. The molecule has 0 fully saturated rings. The first-order chi connectivity index (χ1) is 14.8. The Hall–Kier alpha value is -0.260. The molecule has 1 unspecified atom stereocenters. The van der Waals surface area contributed by atoms with Gasteiger partial charge in [-0.25, -0.2) is 0 Å². The van der Waals surface area contributed by atoms with Gasteiger partial charge >= 0.3 is 0 Å². The molecule has 0 saturated carbocycles. The lowest BCUT2D eigenvalue weighted by molar-refractivity contribution is 0.395. The van der Waals surface area contributed by atoms with Crippen LogP contribution in [0.3, 0.4) is 0 Å². The van der Waals surface area contributed by atoms with Crippen LogP contribution in [-0.4, -0.2) is 0 Å². The van der Waals surface area contributed by atoms with Crippen molar-refractivity contribution in [2.75, 3.05) is 0 Å². The van der Waals surface area contributed by atoms with E-state index in [0.717, 1.165) is 18.8 Å². The second-order valence-corrected chi connectivity index (χ2v) is 9.62. The van der Waals surface area contributed by atoms with Crippen molar-refractivity contribution >= 4 is 0 Å². The van der Waals surface area contributed by atoms with Crippen LogP contribution in [0, 0.1) is 19.8 Å². The van der Waals surface area contributed by atoms with Gasteiger partial charge in [-0.2, -0.15) is 0 Å². The molecular weight excluding hydrogens is 360 g/mol. The Morgan fingerprint density at radius 1 is 0.467 bits per heavy atom. The molecule has 0 spiro atoms. The molecule has 0 N–H and O–H groups in total. The lowest BCUT2D eigenvalue weighted by Crippen LogP contribution is -1.99. The zero-order valence-corrected chi connectivity index (χ0v) is 21.1. The van der Waals surface area contributed by atoms with Crippen molar-refractivity contribution in [1.82, 2.24) is 0 Å². The number of allylic oxidation sites excluding steroid dienone is 2. The largest absolute Gasteiger partial charge is 0.0885 e.